The zero-order valence-electron chi connectivity index (χ0n) is 8.90. The van der Waals surface area contributed by atoms with Crippen molar-refractivity contribution >= 4 is 23.5 Å². The summed E-state index contributed by atoms with van der Waals surface area (Å²) in [5.74, 6) is 1.13. The number of hydrogen-bond acceptors (Lipinski definition) is 3. The Morgan fingerprint density at radius 3 is 2.76 bits per heavy atom. The fourth-order valence-electron chi connectivity index (χ4n) is 1.04. The minimum absolute atomic E-state index is 0.0997. The van der Waals surface area contributed by atoms with Gasteiger partial charge in [0, 0.05) is 0 Å². The van der Waals surface area contributed by atoms with Crippen molar-refractivity contribution in [1.82, 2.24) is 5.32 Å². The SMILES string of the molecule is C#CCNC(=O)COC(=O)c1ccccc1Cl. The molecule has 0 saturated carbocycles. The maximum Gasteiger partial charge on any atom is 0.340 e. The average Bonchev–Trinajstić information content (AvgIpc) is 2.34. The highest BCUT2D eigenvalue weighted by atomic mass is 35.5. The van der Waals surface area contributed by atoms with Crippen LogP contribution in [0.3, 0.4) is 0 Å². The number of nitrogens with one attached hydrogen (secondary N) is 1. The van der Waals surface area contributed by atoms with Crippen LogP contribution in [0.1, 0.15) is 10.4 Å². The Hall–Kier alpha value is -1.99. The van der Waals surface area contributed by atoms with Crippen LogP contribution in [0.25, 0.3) is 0 Å². The van der Waals surface area contributed by atoms with Crippen LogP contribution >= 0.6 is 11.6 Å². The molecule has 0 aliphatic heterocycles. The number of halogens is 1. The van der Waals surface area contributed by atoms with Crippen LogP contribution in [0, 0.1) is 12.3 Å². The van der Waals surface area contributed by atoms with E-state index in [1.165, 1.54) is 6.07 Å². The van der Waals surface area contributed by atoms with Crippen LogP contribution in [-0.4, -0.2) is 25.0 Å². The molecule has 0 unspecified atom stereocenters. The highest BCUT2D eigenvalue weighted by Crippen LogP contribution is 2.15. The third-order valence-corrected chi connectivity index (χ3v) is 2.15. The molecule has 0 aromatic heterocycles. The van der Waals surface area contributed by atoms with E-state index in [0.29, 0.717) is 0 Å². The van der Waals surface area contributed by atoms with Gasteiger partial charge in [0.05, 0.1) is 17.1 Å². The Labute approximate surface area is 104 Å². The molecule has 1 rings (SSSR count). The first kappa shape index (κ1) is 13.1. The van der Waals surface area contributed by atoms with Gasteiger partial charge in [-0.1, -0.05) is 29.7 Å². The third kappa shape index (κ3) is 4.17. The Kier molecular flexibility index (Phi) is 5.05. The second kappa shape index (κ2) is 6.56. The molecular weight excluding hydrogens is 242 g/mol. The summed E-state index contributed by atoms with van der Waals surface area (Å²) in [5.41, 5.74) is 0.221. The van der Waals surface area contributed by atoms with Crippen molar-refractivity contribution in [3.8, 4) is 12.3 Å². The highest BCUT2D eigenvalue weighted by Gasteiger charge is 2.12. The first-order chi connectivity index (χ1) is 8.15. The van der Waals surface area contributed by atoms with Crippen LogP contribution < -0.4 is 5.32 Å². The van der Waals surface area contributed by atoms with Crippen molar-refractivity contribution in [2.75, 3.05) is 13.2 Å². The van der Waals surface area contributed by atoms with E-state index in [2.05, 4.69) is 11.2 Å². The van der Waals surface area contributed by atoms with Crippen molar-refractivity contribution in [1.29, 1.82) is 0 Å². The van der Waals surface area contributed by atoms with E-state index >= 15 is 0 Å². The van der Waals surface area contributed by atoms with Gasteiger partial charge in [-0.05, 0) is 12.1 Å². The van der Waals surface area contributed by atoms with Gasteiger partial charge in [-0.25, -0.2) is 4.79 Å². The van der Waals surface area contributed by atoms with Gasteiger partial charge in [0.25, 0.3) is 5.91 Å². The quantitative estimate of drug-likeness (QED) is 0.647. The highest BCUT2D eigenvalue weighted by molar-refractivity contribution is 6.33. The average molecular weight is 252 g/mol. The second-order valence-electron chi connectivity index (χ2n) is 3.04. The zero-order chi connectivity index (χ0) is 12.7. The summed E-state index contributed by atoms with van der Waals surface area (Å²) in [6.45, 7) is -0.284. The van der Waals surface area contributed by atoms with E-state index in [1.807, 2.05) is 0 Å². The van der Waals surface area contributed by atoms with Gasteiger partial charge < -0.3 is 10.1 Å². The van der Waals surface area contributed by atoms with E-state index in [9.17, 15) is 9.59 Å². The number of amides is 1. The van der Waals surface area contributed by atoms with E-state index in [-0.39, 0.29) is 23.7 Å². The standard InChI is InChI=1S/C12H10ClNO3/c1-2-7-14-11(15)8-17-12(16)9-5-3-4-6-10(9)13/h1,3-6H,7-8H2,(H,14,15). The number of terminal acetylenes is 1. The number of carbonyl (C=O) groups excluding carboxylic acids is 2. The van der Waals surface area contributed by atoms with Crippen molar-refractivity contribution in [3.63, 3.8) is 0 Å². The Balaban J connectivity index is 2.49. The molecule has 0 heterocycles. The molecule has 0 aliphatic carbocycles. The van der Waals surface area contributed by atoms with Crippen molar-refractivity contribution in [2.45, 2.75) is 0 Å². The number of hydrogen-bond donors (Lipinski definition) is 1. The Morgan fingerprint density at radius 1 is 1.41 bits per heavy atom. The van der Waals surface area contributed by atoms with Gasteiger partial charge in [-0.3, -0.25) is 4.79 Å². The monoisotopic (exact) mass is 251 g/mol. The molecule has 0 saturated heterocycles. The van der Waals surface area contributed by atoms with Gasteiger partial charge in [-0.2, -0.15) is 0 Å². The summed E-state index contributed by atoms with van der Waals surface area (Å²) in [7, 11) is 0. The minimum Gasteiger partial charge on any atom is -0.452 e. The van der Waals surface area contributed by atoms with Crippen molar-refractivity contribution in [3.05, 3.63) is 34.9 Å². The molecular formula is C12H10ClNO3. The predicted molar refractivity (Wildman–Crippen MR) is 63.6 cm³/mol. The molecule has 1 amide bonds. The van der Waals surface area contributed by atoms with Crippen molar-refractivity contribution in [2.24, 2.45) is 0 Å². The number of ether oxygens (including phenoxy) is 1. The van der Waals surface area contributed by atoms with Gasteiger partial charge in [-0.15, -0.1) is 6.42 Å². The lowest BCUT2D eigenvalue weighted by Crippen LogP contribution is -2.29. The molecule has 4 nitrogen and oxygen atoms in total. The molecule has 0 fully saturated rings. The number of benzene rings is 1. The summed E-state index contributed by atoms with van der Waals surface area (Å²) >= 11 is 5.79. The van der Waals surface area contributed by atoms with Crippen LogP contribution in [0.5, 0.6) is 0 Å². The molecule has 88 valence electrons. The number of esters is 1. The molecule has 1 N–H and O–H groups in total. The smallest absolute Gasteiger partial charge is 0.340 e. The molecule has 0 spiro atoms. The van der Waals surface area contributed by atoms with Crippen LogP contribution in [0.15, 0.2) is 24.3 Å². The van der Waals surface area contributed by atoms with E-state index in [4.69, 9.17) is 22.8 Å². The number of rotatable bonds is 4. The van der Waals surface area contributed by atoms with Crippen LogP contribution in [0.2, 0.25) is 5.02 Å². The zero-order valence-corrected chi connectivity index (χ0v) is 9.66. The Morgan fingerprint density at radius 2 is 2.12 bits per heavy atom. The molecule has 0 bridgehead atoms. The van der Waals surface area contributed by atoms with Crippen LogP contribution in [-0.2, 0) is 9.53 Å². The summed E-state index contributed by atoms with van der Waals surface area (Å²) in [6, 6.07) is 6.43. The summed E-state index contributed by atoms with van der Waals surface area (Å²) in [6.07, 6.45) is 4.95. The van der Waals surface area contributed by atoms with E-state index in [0.717, 1.165) is 0 Å². The van der Waals surface area contributed by atoms with E-state index in [1.54, 1.807) is 18.2 Å². The maximum atomic E-state index is 11.5. The van der Waals surface area contributed by atoms with Crippen molar-refractivity contribution < 1.29 is 14.3 Å². The third-order valence-electron chi connectivity index (χ3n) is 1.82. The van der Waals surface area contributed by atoms with Gasteiger partial charge in [0.15, 0.2) is 6.61 Å². The normalized spacial score (nSPS) is 9.18. The lowest BCUT2D eigenvalue weighted by Gasteiger charge is -2.05. The lowest BCUT2D eigenvalue weighted by atomic mass is 10.2. The molecule has 17 heavy (non-hydrogen) atoms. The van der Waals surface area contributed by atoms with Gasteiger partial charge in [0.2, 0.25) is 0 Å². The first-order valence-electron chi connectivity index (χ1n) is 4.77. The van der Waals surface area contributed by atoms with E-state index < -0.39 is 11.9 Å². The molecule has 1 aromatic carbocycles. The fraction of sp³-hybridized carbons (Fsp3) is 0.167. The first-order valence-corrected chi connectivity index (χ1v) is 5.14. The lowest BCUT2D eigenvalue weighted by molar-refractivity contribution is -0.123. The predicted octanol–water partition coefficient (Wildman–Crippen LogP) is 1.25. The Bertz CT molecular complexity index is 465. The summed E-state index contributed by atoms with van der Waals surface area (Å²) < 4.78 is 4.76. The summed E-state index contributed by atoms with van der Waals surface area (Å²) in [4.78, 5) is 22.6. The van der Waals surface area contributed by atoms with Gasteiger partial charge in [0.1, 0.15) is 0 Å². The van der Waals surface area contributed by atoms with Crippen LogP contribution in [0.4, 0.5) is 0 Å². The van der Waals surface area contributed by atoms with Gasteiger partial charge >= 0.3 is 5.97 Å². The topological polar surface area (TPSA) is 55.4 Å². The fourth-order valence-corrected chi connectivity index (χ4v) is 1.25. The number of carbonyl (C=O) groups is 2. The molecule has 0 radical (unpaired) electrons. The maximum absolute atomic E-state index is 11.5. The minimum atomic E-state index is -0.647. The molecule has 0 atom stereocenters. The molecule has 1 aromatic rings. The largest absolute Gasteiger partial charge is 0.452 e. The molecule has 5 heteroatoms. The second-order valence-corrected chi connectivity index (χ2v) is 3.44. The summed E-state index contributed by atoms with van der Waals surface area (Å²) in [5, 5.41) is 2.65. The molecule has 0 aliphatic rings.